The minimum Gasteiger partial charge on any atom is -0.264 e. The van der Waals surface area contributed by atoms with Crippen LogP contribution in [0.5, 0.6) is 0 Å². The van der Waals surface area contributed by atoms with Crippen LogP contribution < -0.4 is 0 Å². The van der Waals surface area contributed by atoms with E-state index >= 15 is 0 Å². The Morgan fingerprint density at radius 3 is 2.70 bits per heavy atom. The Bertz CT molecular complexity index is 822. The summed E-state index contributed by atoms with van der Waals surface area (Å²) in [6.07, 6.45) is 8.93. The monoisotopic (exact) mass is 301 g/mol. The van der Waals surface area contributed by atoms with Gasteiger partial charge in [-0.1, -0.05) is 18.7 Å². The predicted octanol–water partition coefficient (Wildman–Crippen LogP) is 4.66. The van der Waals surface area contributed by atoms with Gasteiger partial charge in [0, 0.05) is 29.8 Å². The van der Waals surface area contributed by atoms with E-state index in [0.29, 0.717) is 5.57 Å². The van der Waals surface area contributed by atoms with Gasteiger partial charge in [-0.25, -0.2) is 0 Å². The Balaban J connectivity index is 2.57. The van der Waals surface area contributed by atoms with Crippen molar-refractivity contribution in [2.45, 2.75) is 20.8 Å². The van der Waals surface area contributed by atoms with E-state index in [-0.39, 0.29) is 0 Å². The number of hydrogen-bond acceptors (Lipinski definition) is 3. The van der Waals surface area contributed by atoms with E-state index in [9.17, 15) is 5.26 Å². The number of aryl methyl sites for hydroxylation is 2. The highest BCUT2D eigenvalue weighted by molar-refractivity contribution is 5.82. The lowest BCUT2D eigenvalue weighted by atomic mass is 9.97. The van der Waals surface area contributed by atoms with E-state index in [0.717, 1.165) is 33.5 Å². The van der Waals surface area contributed by atoms with Crippen molar-refractivity contribution in [2.75, 3.05) is 0 Å². The third-order valence-corrected chi connectivity index (χ3v) is 3.67. The van der Waals surface area contributed by atoms with Crippen LogP contribution in [0.1, 0.15) is 29.3 Å². The molecule has 0 N–H and O–H groups in total. The molecule has 2 heterocycles. The van der Waals surface area contributed by atoms with Crippen molar-refractivity contribution in [3.8, 4) is 6.07 Å². The SMILES string of the molecule is C=C/C(=C\C(C#N)=C(/C)c1cccnc1)c1cc(C)cnc1C. The molecule has 3 heteroatoms. The van der Waals surface area contributed by atoms with Crippen LogP contribution in [0.25, 0.3) is 11.1 Å². The fraction of sp³-hybridized carbons (Fsp3) is 0.150. The van der Waals surface area contributed by atoms with Crippen molar-refractivity contribution in [2.24, 2.45) is 0 Å². The molecular weight excluding hydrogens is 282 g/mol. The van der Waals surface area contributed by atoms with Gasteiger partial charge in [-0.15, -0.1) is 0 Å². The Morgan fingerprint density at radius 2 is 2.09 bits per heavy atom. The normalized spacial score (nSPS) is 12.3. The lowest BCUT2D eigenvalue weighted by Gasteiger charge is -2.09. The van der Waals surface area contributed by atoms with E-state index in [4.69, 9.17) is 0 Å². The summed E-state index contributed by atoms with van der Waals surface area (Å²) in [4.78, 5) is 8.50. The third-order valence-electron chi connectivity index (χ3n) is 3.67. The molecule has 0 amide bonds. The molecule has 3 nitrogen and oxygen atoms in total. The summed E-state index contributed by atoms with van der Waals surface area (Å²) < 4.78 is 0. The van der Waals surface area contributed by atoms with Crippen LogP contribution in [0.15, 0.2) is 61.1 Å². The number of aromatic nitrogens is 2. The van der Waals surface area contributed by atoms with Crippen molar-refractivity contribution in [3.63, 3.8) is 0 Å². The number of allylic oxidation sites excluding steroid dienone is 5. The van der Waals surface area contributed by atoms with Crippen LogP contribution in [0.2, 0.25) is 0 Å². The second-order valence-corrected chi connectivity index (χ2v) is 5.34. The summed E-state index contributed by atoms with van der Waals surface area (Å²) >= 11 is 0. The molecule has 0 radical (unpaired) electrons. The molecule has 0 aliphatic carbocycles. The predicted molar refractivity (Wildman–Crippen MR) is 94.3 cm³/mol. The smallest absolute Gasteiger partial charge is 0.0994 e. The number of nitriles is 1. The lowest BCUT2D eigenvalue weighted by Crippen LogP contribution is -1.93. The summed E-state index contributed by atoms with van der Waals surface area (Å²) in [6, 6.07) is 8.14. The van der Waals surface area contributed by atoms with Crippen LogP contribution in [0.4, 0.5) is 0 Å². The fourth-order valence-corrected chi connectivity index (χ4v) is 2.30. The molecule has 0 saturated heterocycles. The van der Waals surface area contributed by atoms with E-state index < -0.39 is 0 Å². The highest BCUT2D eigenvalue weighted by Gasteiger charge is 2.08. The number of nitrogens with zero attached hydrogens (tertiary/aromatic N) is 3. The van der Waals surface area contributed by atoms with Crippen LogP contribution >= 0.6 is 0 Å². The molecule has 0 aliphatic heterocycles. The van der Waals surface area contributed by atoms with Gasteiger partial charge < -0.3 is 0 Å². The molecule has 2 rings (SSSR count). The first kappa shape index (κ1) is 16.4. The third kappa shape index (κ3) is 3.81. The minimum atomic E-state index is 0.591. The Morgan fingerprint density at radius 1 is 1.30 bits per heavy atom. The average molecular weight is 301 g/mol. The second-order valence-electron chi connectivity index (χ2n) is 5.34. The first-order valence-corrected chi connectivity index (χ1v) is 7.36. The first-order valence-electron chi connectivity index (χ1n) is 7.36. The zero-order valence-electron chi connectivity index (χ0n) is 13.7. The van der Waals surface area contributed by atoms with Crippen LogP contribution in [0.3, 0.4) is 0 Å². The summed E-state index contributed by atoms with van der Waals surface area (Å²) in [6.45, 7) is 9.76. The van der Waals surface area contributed by atoms with Gasteiger partial charge in [-0.3, -0.25) is 9.97 Å². The molecule has 0 bridgehead atoms. The topological polar surface area (TPSA) is 49.6 Å². The highest BCUT2D eigenvalue weighted by Crippen LogP contribution is 2.25. The summed E-state index contributed by atoms with van der Waals surface area (Å²) in [5.41, 5.74) is 6.28. The van der Waals surface area contributed by atoms with E-state index in [1.807, 2.05) is 45.2 Å². The maximum absolute atomic E-state index is 9.55. The van der Waals surface area contributed by atoms with Crippen LogP contribution in [-0.4, -0.2) is 9.97 Å². The Hall–Kier alpha value is -2.99. The number of rotatable bonds is 4. The standard InChI is InChI=1S/C20H19N3/c1-5-17(20-9-14(2)12-23-16(20)4)10-19(11-21)15(3)18-7-6-8-22-13-18/h5-10,12-13H,1H2,2-4H3/b17-10+,19-15-. The molecule has 2 aromatic rings. The Kier molecular flexibility index (Phi) is 5.22. The van der Waals surface area contributed by atoms with Crippen molar-refractivity contribution in [1.29, 1.82) is 5.26 Å². The zero-order chi connectivity index (χ0) is 16.8. The molecule has 0 aromatic carbocycles. The fourth-order valence-electron chi connectivity index (χ4n) is 2.30. The van der Waals surface area contributed by atoms with Gasteiger partial charge in [0.15, 0.2) is 0 Å². The number of hydrogen-bond donors (Lipinski definition) is 0. The van der Waals surface area contributed by atoms with Gasteiger partial charge in [-0.2, -0.15) is 5.26 Å². The van der Waals surface area contributed by atoms with E-state index in [2.05, 4.69) is 28.7 Å². The van der Waals surface area contributed by atoms with Gasteiger partial charge in [-0.05, 0) is 61.3 Å². The molecule has 0 fully saturated rings. The van der Waals surface area contributed by atoms with Gasteiger partial charge in [0.1, 0.15) is 0 Å². The first-order chi connectivity index (χ1) is 11.1. The van der Waals surface area contributed by atoms with Crippen molar-refractivity contribution >= 4 is 11.1 Å². The molecule has 0 unspecified atom stereocenters. The maximum Gasteiger partial charge on any atom is 0.0994 e. The molecule has 0 saturated carbocycles. The summed E-state index contributed by atoms with van der Waals surface area (Å²) in [5, 5.41) is 9.55. The molecule has 0 spiro atoms. The van der Waals surface area contributed by atoms with E-state index in [1.165, 1.54) is 0 Å². The molecule has 114 valence electrons. The maximum atomic E-state index is 9.55. The van der Waals surface area contributed by atoms with Crippen LogP contribution in [0, 0.1) is 25.2 Å². The summed E-state index contributed by atoms with van der Waals surface area (Å²) in [5.74, 6) is 0. The molecule has 2 aromatic heterocycles. The zero-order valence-corrected chi connectivity index (χ0v) is 13.7. The molecular formula is C20H19N3. The number of pyridine rings is 2. The van der Waals surface area contributed by atoms with Gasteiger partial charge in [0.2, 0.25) is 0 Å². The van der Waals surface area contributed by atoms with Gasteiger partial charge >= 0.3 is 0 Å². The van der Waals surface area contributed by atoms with Gasteiger partial charge in [0.25, 0.3) is 0 Å². The van der Waals surface area contributed by atoms with Crippen LogP contribution in [-0.2, 0) is 0 Å². The lowest BCUT2D eigenvalue weighted by molar-refractivity contribution is 1.15. The van der Waals surface area contributed by atoms with Crippen molar-refractivity contribution < 1.29 is 0 Å². The quantitative estimate of drug-likeness (QED) is 0.609. The molecule has 23 heavy (non-hydrogen) atoms. The summed E-state index contributed by atoms with van der Waals surface area (Å²) in [7, 11) is 0. The van der Waals surface area contributed by atoms with Gasteiger partial charge in [0.05, 0.1) is 11.6 Å². The van der Waals surface area contributed by atoms with Crippen molar-refractivity contribution in [3.05, 3.63) is 83.5 Å². The van der Waals surface area contributed by atoms with E-state index in [1.54, 1.807) is 18.5 Å². The molecule has 0 aliphatic rings. The minimum absolute atomic E-state index is 0.591. The van der Waals surface area contributed by atoms with Crippen molar-refractivity contribution in [1.82, 2.24) is 9.97 Å². The second kappa shape index (κ2) is 7.33. The average Bonchev–Trinajstić information content (AvgIpc) is 2.59. The largest absolute Gasteiger partial charge is 0.264 e. The molecule has 0 atom stereocenters. The highest BCUT2D eigenvalue weighted by atomic mass is 14.7. The Labute approximate surface area is 137 Å².